The zero-order valence-electron chi connectivity index (χ0n) is 11.1. The Hall–Kier alpha value is -2.35. The summed E-state index contributed by atoms with van der Waals surface area (Å²) in [5, 5.41) is 17.7. The van der Waals surface area contributed by atoms with Gasteiger partial charge >= 0.3 is 5.97 Å². The molecule has 5 nitrogen and oxygen atoms in total. The van der Waals surface area contributed by atoms with Crippen LogP contribution in [0.15, 0.2) is 24.3 Å². The third-order valence-electron chi connectivity index (χ3n) is 3.59. The van der Waals surface area contributed by atoms with Crippen molar-refractivity contribution in [1.29, 1.82) is 5.26 Å². The van der Waals surface area contributed by atoms with E-state index in [-0.39, 0.29) is 18.5 Å². The smallest absolute Gasteiger partial charge is 0.323 e. The van der Waals surface area contributed by atoms with Gasteiger partial charge < -0.3 is 10.0 Å². The molecule has 1 aromatic carbocycles. The number of amides is 1. The fourth-order valence-corrected chi connectivity index (χ4v) is 2.58. The maximum Gasteiger partial charge on any atom is 0.323 e. The highest BCUT2D eigenvalue weighted by molar-refractivity contribution is 5.96. The van der Waals surface area contributed by atoms with Gasteiger partial charge in [-0.1, -0.05) is 12.8 Å². The predicted molar refractivity (Wildman–Crippen MR) is 72.1 cm³/mol. The third-order valence-corrected chi connectivity index (χ3v) is 3.59. The molecule has 0 aromatic heterocycles. The molecule has 1 N–H and O–H groups in total. The van der Waals surface area contributed by atoms with Gasteiger partial charge in [0.25, 0.3) is 5.91 Å². The molecule has 5 heteroatoms. The summed E-state index contributed by atoms with van der Waals surface area (Å²) in [5.74, 6) is -1.28. The molecule has 1 saturated carbocycles. The fraction of sp³-hybridized carbons (Fsp3) is 0.400. The molecule has 104 valence electrons. The number of nitriles is 1. The van der Waals surface area contributed by atoms with Crippen molar-refractivity contribution in [2.75, 3.05) is 6.54 Å². The Labute approximate surface area is 117 Å². The van der Waals surface area contributed by atoms with E-state index >= 15 is 0 Å². The number of aliphatic carboxylic acids is 1. The second-order valence-electron chi connectivity index (χ2n) is 4.95. The van der Waals surface area contributed by atoms with Gasteiger partial charge in [0.2, 0.25) is 0 Å². The van der Waals surface area contributed by atoms with E-state index in [2.05, 4.69) is 0 Å². The molecular formula is C15H16N2O3. The number of carboxylic acids is 1. The van der Waals surface area contributed by atoms with Crippen LogP contribution in [0.1, 0.15) is 41.6 Å². The van der Waals surface area contributed by atoms with Gasteiger partial charge in [0.05, 0.1) is 11.6 Å². The standard InChI is InChI=1S/C15H16N2O3/c16-9-11-5-7-12(8-6-11)15(20)17(10-14(18)19)13-3-1-2-4-13/h5-8,13H,1-4,10H2,(H,18,19). The van der Waals surface area contributed by atoms with Crippen LogP contribution in [-0.2, 0) is 4.79 Å². The van der Waals surface area contributed by atoms with Crippen molar-refractivity contribution >= 4 is 11.9 Å². The Morgan fingerprint density at radius 2 is 1.85 bits per heavy atom. The molecule has 0 saturated heterocycles. The molecule has 0 spiro atoms. The molecule has 1 aliphatic carbocycles. The summed E-state index contributed by atoms with van der Waals surface area (Å²) < 4.78 is 0. The summed E-state index contributed by atoms with van der Waals surface area (Å²) in [6.07, 6.45) is 3.77. The van der Waals surface area contributed by atoms with Crippen molar-refractivity contribution in [2.24, 2.45) is 0 Å². The largest absolute Gasteiger partial charge is 0.480 e. The van der Waals surface area contributed by atoms with Gasteiger partial charge in [-0.2, -0.15) is 5.26 Å². The molecule has 0 radical (unpaired) electrons. The van der Waals surface area contributed by atoms with Crippen LogP contribution in [0.4, 0.5) is 0 Å². The fourth-order valence-electron chi connectivity index (χ4n) is 2.58. The summed E-state index contributed by atoms with van der Waals surface area (Å²) in [7, 11) is 0. The van der Waals surface area contributed by atoms with Crippen LogP contribution in [0.2, 0.25) is 0 Å². The van der Waals surface area contributed by atoms with Crippen molar-refractivity contribution in [2.45, 2.75) is 31.7 Å². The first kappa shape index (κ1) is 14.1. The maximum atomic E-state index is 12.4. The van der Waals surface area contributed by atoms with Crippen LogP contribution < -0.4 is 0 Å². The van der Waals surface area contributed by atoms with E-state index in [1.807, 2.05) is 6.07 Å². The van der Waals surface area contributed by atoms with E-state index < -0.39 is 5.97 Å². The highest BCUT2D eigenvalue weighted by Crippen LogP contribution is 2.24. The highest BCUT2D eigenvalue weighted by Gasteiger charge is 2.28. The first-order valence-electron chi connectivity index (χ1n) is 6.64. The van der Waals surface area contributed by atoms with Crippen molar-refractivity contribution < 1.29 is 14.7 Å². The zero-order chi connectivity index (χ0) is 14.5. The van der Waals surface area contributed by atoms with Gasteiger partial charge in [-0.15, -0.1) is 0 Å². The second kappa shape index (κ2) is 6.20. The molecule has 0 atom stereocenters. The van der Waals surface area contributed by atoms with Crippen LogP contribution in [0.5, 0.6) is 0 Å². The van der Waals surface area contributed by atoms with Crippen molar-refractivity contribution in [1.82, 2.24) is 4.90 Å². The quantitative estimate of drug-likeness (QED) is 0.909. The monoisotopic (exact) mass is 272 g/mol. The Bertz CT molecular complexity index is 539. The molecule has 1 amide bonds. The Morgan fingerprint density at radius 3 is 2.35 bits per heavy atom. The van der Waals surface area contributed by atoms with Crippen LogP contribution in [0.25, 0.3) is 0 Å². The lowest BCUT2D eigenvalue weighted by Gasteiger charge is -2.27. The number of carbonyl (C=O) groups excluding carboxylic acids is 1. The van der Waals surface area contributed by atoms with Crippen LogP contribution >= 0.6 is 0 Å². The van der Waals surface area contributed by atoms with E-state index in [4.69, 9.17) is 10.4 Å². The maximum absolute atomic E-state index is 12.4. The number of nitrogens with zero attached hydrogens (tertiary/aromatic N) is 2. The van der Waals surface area contributed by atoms with Gasteiger partial charge in [-0.25, -0.2) is 0 Å². The van der Waals surface area contributed by atoms with E-state index in [1.54, 1.807) is 24.3 Å². The Morgan fingerprint density at radius 1 is 1.25 bits per heavy atom. The molecular weight excluding hydrogens is 256 g/mol. The van der Waals surface area contributed by atoms with E-state index in [1.165, 1.54) is 4.90 Å². The molecule has 0 heterocycles. The average molecular weight is 272 g/mol. The number of carboxylic acid groups (broad SMARTS) is 1. The molecule has 0 unspecified atom stereocenters. The average Bonchev–Trinajstić information content (AvgIpc) is 2.98. The van der Waals surface area contributed by atoms with Crippen molar-refractivity contribution in [3.8, 4) is 6.07 Å². The minimum absolute atomic E-state index is 0.00856. The topological polar surface area (TPSA) is 81.4 Å². The number of benzene rings is 1. The minimum Gasteiger partial charge on any atom is -0.480 e. The van der Waals surface area contributed by atoms with Crippen LogP contribution in [0, 0.1) is 11.3 Å². The van der Waals surface area contributed by atoms with E-state index in [0.29, 0.717) is 11.1 Å². The summed E-state index contributed by atoms with van der Waals surface area (Å²) in [6, 6.07) is 8.29. The first-order valence-corrected chi connectivity index (χ1v) is 6.64. The van der Waals surface area contributed by atoms with Crippen LogP contribution in [0.3, 0.4) is 0 Å². The molecule has 20 heavy (non-hydrogen) atoms. The van der Waals surface area contributed by atoms with E-state index in [9.17, 15) is 9.59 Å². The lowest BCUT2D eigenvalue weighted by Crippen LogP contribution is -2.42. The number of carbonyl (C=O) groups is 2. The number of rotatable bonds is 4. The summed E-state index contributed by atoms with van der Waals surface area (Å²) in [5.41, 5.74) is 0.907. The lowest BCUT2D eigenvalue weighted by molar-refractivity contribution is -0.138. The Balaban J connectivity index is 2.20. The normalized spacial score (nSPS) is 14.8. The molecule has 1 fully saturated rings. The van der Waals surface area contributed by atoms with Gasteiger partial charge in [0.1, 0.15) is 6.54 Å². The summed E-state index contributed by atoms with van der Waals surface area (Å²) >= 11 is 0. The summed E-state index contributed by atoms with van der Waals surface area (Å²) in [6.45, 7) is -0.274. The van der Waals surface area contributed by atoms with Gasteiger partial charge in [-0.3, -0.25) is 9.59 Å². The SMILES string of the molecule is N#Cc1ccc(C(=O)N(CC(=O)O)C2CCCC2)cc1. The van der Waals surface area contributed by atoms with Gasteiger partial charge in [0.15, 0.2) is 0 Å². The number of hydrogen-bond donors (Lipinski definition) is 1. The summed E-state index contributed by atoms with van der Waals surface area (Å²) in [4.78, 5) is 24.9. The molecule has 0 aliphatic heterocycles. The molecule has 1 aromatic rings. The molecule has 0 bridgehead atoms. The minimum atomic E-state index is -1.00. The van der Waals surface area contributed by atoms with Crippen molar-refractivity contribution in [3.05, 3.63) is 35.4 Å². The van der Waals surface area contributed by atoms with Crippen LogP contribution in [-0.4, -0.2) is 34.5 Å². The van der Waals surface area contributed by atoms with Crippen molar-refractivity contribution in [3.63, 3.8) is 0 Å². The predicted octanol–water partition coefficient (Wildman–Crippen LogP) is 2.03. The third kappa shape index (κ3) is 3.15. The first-order chi connectivity index (χ1) is 9.61. The second-order valence-corrected chi connectivity index (χ2v) is 4.95. The highest BCUT2D eigenvalue weighted by atomic mass is 16.4. The lowest BCUT2D eigenvalue weighted by atomic mass is 10.1. The van der Waals surface area contributed by atoms with Gasteiger partial charge in [0, 0.05) is 11.6 Å². The van der Waals surface area contributed by atoms with E-state index in [0.717, 1.165) is 25.7 Å². The Kier molecular flexibility index (Phi) is 4.36. The molecule has 2 rings (SSSR count). The number of hydrogen-bond acceptors (Lipinski definition) is 3. The molecule has 1 aliphatic rings. The zero-order valence-corrected chi connectivity index (χ0v) is 11.1. The van der Waals surface area contributed by atoms with Gasteiger partial charge in [-0.05, 0) is 37.1 Å².